The number of rotatable bonds is 2. The fourth-order valence-corrected chi connectivity index (χ4v) is 3.40. The Balaban J connectivity index is 1.96. The summed E-state index contributed by atoms with van der Waals surface area (Å²) in [7, 11) is 0. The van der Waals surface area contributed by atoms with Gasteiger partial charge < -0.3 is 0 Å². The van der Waals surface area contributed by atoms with Crippen molar-refractivity contribution >= 4 is 33.1 Å². The highest BCUT2D eigenvalue weighted by Gasteiger charge is 2.14. The SMILES string of the molecule is CCc1ccc2c(ccc3cc(-c4cc(F)c(Cl)c(F)c4)c(F)cc32)c1. The Hall–Kier alpha value is -2.52. The summed E-state index contributed by atoms with van der Waals surface area (Å²) in [5.41, 5.74) is 1.46. The number of benzene rings is 4. The molecule has 0 amide bonds. The van der Waals surface area contributed by atoms with Crippen LogP contribution in [0.3, 0.4) is 0 Å². The summed E-state index contributed by atoms with van der Waals surface area (Å²) in [6, 6.07) is 15.1. The quantitative estimate of drug-likeness (QED) is 0.256. The van der Waals surface area contributed by atoms with Gasteiger partial charge in [0.2, 0.25) is 0 Å². The molecule has 0 unspecified atom stereocenters. The molecule has 0 aromatic heterocycles. The lowest BCUT2D eigenvalue weighted by Gasteiger charge is -2.10. The molecule has 0 aliphatic heterocycles. The molecule has 0 nitrogen and oxygen atoms in total. The molecular formula is C22H14ClF3. The molecule has 0 aliphatic rings. The molecule has 4 aromatic rings. The van der Waals surface area contributed by atoms with Gasteiger partial charge in [-0.25, -0.2) is 13.2 Å². The van der Waals surface area contributed by atoms with Gasteiger partial charge in [-0.2, -0.15) is 0 Å². The fraction of sp³-hybridized carbons (Fsp3) is 0.0909. The van der Waals surface area contributed by atoms with E-state index in [9.17, 15) is 13.2 Å². The molecule has 4 heteroatoms. The van der Waals surface area contributed by atoms with E-state index in [-0.39, 0.29) is 11.1 Å². The summed E-state index contributed by atoms with van der Waals surface area (Å²) < 4.78 is 42.3. The van der Waals surface area contributed by atoms with Gasteiger partial charge in [-0.1, -0.05) is 48.9 Å². The second-order valence-corrected chi connectivity index (χ2v) is 6.66. The van der Waals surface area contributed by atoms with Gasteiger partial charge in [-0.05, 0) is 63.4 Å². The molecule has 0 spiro atoms. The van der Waals surface area contributed by atoms with Crippen molar-refractivity contribution in [3.63, 3.8) is 0 Å². The van der Waals surface area contributed by atoms with Crippen molar-refractivity contribution in [1.82, 2.24) is 0 Å². The topological polar surface area (TPSA) is 0 Å². The predicted octanol–water partition coefficient (Wildman–Crippen LogP) is 7.29. The lowest BCUT2D eigenvalue weighted by molar-refractivity contribution is 0.584. The smallest absolute Gasteiger partial charge is 0.145 e. The maximum absolute atomic E-state index is 14.8. The first-order chi connectivity index (χ1) is 12.5. The molecule has 4 rings (SSSR count). The van der Waals surface area contributed by atoms with Crippen molar-refractivity contribution in [2.45, 2.75) is 13.3 Å². The van der Waals surface area contributed by atoms with E-state index in [4.69, 9.17) is 11.6 Å². The van der Waals surface area contributed by atoms with Gasteiger partial charge in [0.1, 0.15) is 22.5 Å². The molecule has 0 aliphatic carbocycles. The third-order valence-electron chi connectivity index (χ3n) is 4.69. The van der Waals surface area contributed by atoms with E-state index in [1.165, 1.54) is 11.6 Å². The van der Waals surface area contributed by atoms with Crippen molar-refractivity contribution in [2.75, 3.05) is 0 Å². The summed E-state index contributed by atoms with van der Waals surface area (Å²) in [5, 5.41) is 2.95. The van der Waals surface area contributed by atoms with Crippen molar-refractivity contribution in [3.05, 3.63) is 82.6 Å². The molecule has 4 aromatic carbocycles. The standard InChI is InChI=1S/C22H14ClF3/c1-2-12-3-6-16-13(7-12)4-5-14-8-18(19(24)11-17(14)16)15-9-20(25)22(23)21(26)10-15/h3-11H,2H2,1H3. The van der Waals surface area contributed by atoms with Crippen LogP contribution in [0.1, 0.15) is 12.5 Å². The maximum atomic E-state index is 14.8. The molecule has 0 radical (unpaired) electrons. The molecule has 0 saturated carbocycles. The van der Waals surface area contributed by atoms with E-state index >= 15 is 0 Å². The van der Waals surface area contributed by atoms with Crippen LogP contribution in [-0.4, -0.2) is 0 Å². The van der Waals surface area contributed by atoms with Gasteiger partial charge in [-0.15, -0.1) is 0 Å². The van der Waals surface area contributed by atoms with Crippen LogP contribution in [0.15, 0.2) is 54.6 Å². The van der Waals surface area contributed by atoms with Gasteiger partial charge >= 0.3 is 0 Å². The van der Waals surface area contributed by atoms with E-state index < -0.39 is 22.5 Å². The van der Waals surface area contributed by atoms with Gasteiger partial charge in [0.05, 0.1) is 0 Å². The molecule has 26 heavy (non-hydrogen) atoms. The van der Waals surface area contributed by atoms with Gasteiger partial charge in [0.15, 0.2) is 0 Å². The molecule has 130 valence electrons. The number of hydrogen-bond acceptors (Lipinski definition) is 0. The van der Waals surface area contributed by atoms with Crippen LogP contribution in [0.2, 0.25) is 5.02 Å². The number of fused-ring (bicyclic) bond motifs is 3. The van der Waals surface area contributed by atoms with E-state index in [0.717, 1.165) is 40.1 Å². The normalized spacial score (nSPS) is 11.4. The first-order valence-electron chi connectivity index (χ1n) is 8.27. The van der Waals surface area contributed by atoms with Crippen LogP contribution in [0.25, 0.3) is 32.7 Å². The molecule has 0 fully saturated rings. The molecule has 0 bridgehead atoms. The zero-order chi connectivity index (χ0) is 18.4. The Kier molecular flexibility index (Phi) is 4.12. The highest BCUT2D eigenvalue weighted by atomic mass is 35.5. The molecule has 0 N–H and O–H groups in total. The van der Waals surface area contributed by atoms with Crippen molar-refractivity contribution in [1.29, 1.82) is 0 Å². The largest absolute Gasteiger partial charge is 0.206 e. The van der Waals surface area contributed by atoms with Crippen LogP contribution in [-0.2, 0) is 6.42 Å². The minimum absolute atomic E-state index is 0.116. The second kappa shape index (κ2) is 6.33. The average Bonchev–Trinajstić information content (AvgIpc) is 2.64. The highest BCUT2D eigenvalue weighted by Crippen LogP contribution is 2.34. The summed E-state index contributed by atoms with van der Waals surface area (Å²) >= 11 is 5.52. The minimum Gasteiger partial charge on any atom is -0.206 e. The molecule has 0 heterocycles. The molecular weight excluding hydrogens is 357 g/mol. The van der Waals surface area contributed by atoms with Gasteiger partial charge in [-0.3, -0.25) is 0 Å². The van der Waals surface area contributed by atoms with Crippen LogP contribution < -0.4 is 0 Å². The zero-order valence-electron chi connectivity index (χ0n) is 13.9. The van der Waals surface area contributed by atoms with Crippen molar-refractivity contribution < 1.29 is 13.2 Å². The third kappa shape index (κ3) is 2.73. The summed E-state index contributed by atoms with van der Waals surface area (Å²) in [4.78, 5) is 0. The number of halogens is 4. The molecule has 0 atom stereocenters. The van der Waals surface area contributed by atoms with E-state index in [2.05, 4.69) is 13.0 Å². The zero-order valence-corrected chi connectivity index (χ0v) is 14.7. The second-order valence-electron chi connectivity index (χ2n) is 6.28. The summed E-state index contributed by atoms with van der Waals surface area (Å²) in [6.07, 6.45) is 0.926. The van der Waals surface area contributed by atoms with Crippen LogP contribution >= 0.6 is 11.6 Å². The Labute approximate surface area is 153 Å². The van der Waals surface area contributed by atoms with Gasteiger partial charge in [0, 0.05) is 5.56 Å². The lowest BCUT2D eigenvalue weighted by atomic mass is 9.95. The minimum atomic E-state index is -0.910. The Morgan fingerprint density at radius 3 is 2.04 bits per heavy atom. The summed E-state index contributed by atoms with van der Waals surface area (Å²) in [6.45, 7) is 2.08. The summed E-state index contributed by atoms with van der Waals surface area (Å²) in [5.74, 6) is -2.36. The average molecular weight is 371 g/mol. The first kappa shape index (κ1) is 16.9. The van der Waals surface area contributed by atoms with E-state index in [0.29, 0.717) is 0 Å². The maximum Gasteiger partial charge on any atom is 0.145 e. The van der Waals surface area contributed by atoms with Crippen LogP contribution in [0.5, 0.6) is 0 Å². The predicted molar refractivity (Wildman–Crippen MR) is 101 cm³/mol. The number of hydrogen-bond donors (Lipinski definition) is 0. The van der Waals surface area contributed by atoms with Crippen LogP contribution in [0, 0.1) is 17.5 Å². The Bertz CT molecular complexity index is 1140. The van der Waals surface area contributed by atoms with Crippen molar-refractivity contribution in [3.8, 4) is 11.1 Å². The molecule has 0 saturated heterocycles. The van der Waals surface area contributed by atoms with Crippen LogP contribution in [0.4, 0.5) is 13.2 Å². The third-order valence-corrected chi connectivity index (χ3v) is 5.05. The van der Waals surface area contributed by atoms with E-state index in [1.807, 2.05) is 24.3 Å². The van der Waals surface area contributed by atoms with Crippen molar-refractivity contribution in [2.24, 2.45) is 0 Å². The first-order valence-corrected chi connectivity index (χ1v) is 8.65. The fourth-order valence-electron chi connectivity index (χ4n) is 3.29. The highest BCUT2D eigenvalue weighted by molar-refractivity contribution is 6.31. The monoisotopic (exact) mass is 370 g/mol. The number of aryl methyl sites for hydroxylation is 1. The Morgan fingerprint density at radius 1 is 0.731 bits per heavy atom. The van der Waals surface area contributed by atoms with E-state index in [1.54, 1.807) is 6.07 Å². The Morgan fingerprint density at radius 2 is 1.38 bits per heavy atom. The lowest BCUT2D eigenvalue weighted by Crippen LogP contribution is -1.91. The van der Waals surface area contributed by atoms with Gasteiger partial charge in [0.25, 0.3) is 0 Å².